The number of ether oxygens (including phenoxy) is 1. The number of fused-ring (bicyclic) bond motifs is 3. The highest BCUT2D eigenvalue weighted by Crippen LogP contribution is 2.55. The number of pyridine rings is 1. The van der Waals surface area contributed by atoms with Crippen molar-refractivity contribution in [2.45, 2.75) is 49.4 Å². The third kappa shape index (κ3) is 3.41. The summed E-state index contributed by atoms with van der Waals surface area (Å²) < 4.78 is 61.1. The van der Waals surface area contributed by atoms with Gasteiger partial charge in [0.25, 0.3) is 0 Å². The van der Waals surface area contributed by atoms with Gasteiger partial charge in [0, 0.05) is 31.0 Å². The molecule has 1 N–H and O–H groups in total. The maximum absolute atomic E-state index is 15.0. The molecule has 8 nitrogen and oxygen atoms in total. The number of H-pyrrole nitrogens is 1. The van der Waals surface area contributed by atoms with E-state index in [9.17, 15) is 22.8 Å². The number of rotatable bonds is 4. The molecule has 2 aliphatic heterocycles. The van der Waals surface area contributed by atoms with Crippen LogP contribution in [0.4, 0.5) is 23.2 Å². The average Bonchev–Trinajstić information content (AvgIpc) is 3.52. The quantitative estimate of drug-likeness (QED) is 0.551. The van der Waals surface area contributed by atoms with Crippen LogP contribution in [-0.4, -0.2) is 63.3 Å². The summed E-state index contributed by atoms with van der Waals surface area (Å²) in [5.74, 6) is -1.57. The Morgan fingerprint density at radius 3 is 2.81 bits per heavy atom. The minimum absolute atomic E-state index is 0.0316. The lowest BCUT2D eigenvalue weighted by Gasteiger charge is -2.43. The number of carbonyl (C=O) groups excluding carboxylic acids is 2. The number of nitrogens with zero attached hydrogens (tertiary/aromatic N) is 4. The van der Waals surface area contributed by atoms with Gasteiger partial charge in [0.1, 0.15) is 30.0 Å². The third-order valence-corrected chi connectivity index (χ3v) is 7.37. The maximum Gasteiger partial charge on any atom is 0.408 e. The van der Waals surface area contributed by atoms with E-state index in [0.717, 1.165) is 15.3 Å². The van der Waals surface area contributed by atoms with Crippen LogP contribution < -0.4 is 9.64 Å². The minimum atomic E-state index is -4.54. The van der Waals surface area contributed by atoms with Crippen LogP contribution in [0.15, 0.2) is 36.5 Å². The van der Waals surface area contributed by atoms with E-state index in [2.05, 4.69) is 15.2 Å². The van der Waals surface area contributed by atoms with E-state index in [1.165, 1.54) is 18.2 Å². The molecule has 188 valence electrons. The molecule has 4 heterocycles. The van der Waals surface area contributed by atoms with E-state index in [1.807, 2.05) is 0 Å². The number of hydrogen-bond acceptors (Lipinski definition) is 5. The summed E-state index contributed by atoms with van der Waals surface area (Å²) in [6, 6.07) is 5.73. The second kappa shape index (κ2) is 7.90. The van der Waals surface area contributed by atoms with Crippen molar-refractivity contribution in [3.05, 3.63) is 47.9 Å². The molecule has 2 aromatic heterocycles. The number of nitrogens with one attached hydrogen (secondary N) is 1. The number of aromatic nitrogens is 3. The van der Waals surface area contributed by atoms with Crippen LogP contribution in [0.1, 0.15) is 31.2 Å². The van der Waals surface area contributed by atoms with Crippen molar-refractivity contribution >= 4 is 28.5 Å². The van der Waals surface area contributed by atoms with E-state index in [1.54, 1.807) is 18.3 Å². The topological polar surface area (TPSA) is 91.4 Å². The van der Waals surface area contributed by atoms with Gasteiger partial charge in [0.15, 0.2) is 0 Å². The molecule has 0 bridgehead atoms. The largest absolute Gasteiger partial charge is 0.474 e. The number of amides is 2. The molecule has 1 aromatic carbocycles. The van der Waals surface area contributed by atoms with Gasteiger partial charge in [-0.3, -0.25) is 14.7 Å². The molecule has 2 fully saturated rings. The fourth-order valence-electron chi connectivity index (χ4n) is 5.70. The van der Waals surface area contributed by atoms with Gasteiger partial charge in [-0.25, -0.2) is 9.37 Å². The van der Waals surface area contributed by atoms with Crippen LogP contribution in [0.5, 0.6) is 5.88 Å². The van der Waals surface area contributed by atoms with Crippen molar-refractivity contribution in [2.24, 2.45) is 0 Å². The fraction of sp³-hybridized carbons (Fsp3) is 0.417. The maximum atomic E-state index is 15.0. The smallest absolute Gasteiger partial charge is 0.408 e. The second-order valence-corrected chi connectivity index (χ2v) is 9.49. The molecule has 3 aliphatic rings. The first-order valence-electron chi connectivity index (χ1n) is 11.6. The van der Waals surface area contributed by atoms with Gasteiger partial charge in [-0.2, -0.15) is 18.3 Å². The lowest BCUT2D eigenvalue weighted by atomic mass is 9.63. The zero-order valence-corrected chi connectivity index (χ0v) is 18.9. The highest BCUT2D eigenvalue weighted by molar-refractivity contribution is 6.11. The van der Waals surface area contributed by atoms with Crippen molar-refractivity contribution in [3.63, 3.8) is 0 Å². The molecule has 1 spiro atoms. The van der Waals surface area contributed by atoms with Crippen LogP contribution in [0.3, 0.4) is 0 Å². The Labute approximate surface area is 202 Å². The van der Waals surface area contributed by atoms with Crippen LogP contribution in [0.25, 0.3) is 11.0 Å². The van der Waals surface area contributed by atoms with Gasteiger partial charge in [-0.1, -0.05) is 6.07 Å². The van der Waals surface area contributed by atoms with Crippen molar-refractivity contribution in [1.29, 1.82) is 0 Å². The molecule has 1 aliphatic carbocycles. The van der Waals surface area contributed by atoms with E-state index in [4.69, 9.17) is 4.74 Å². The van der Waals surface area contributed by atoms with Gasteiger partial charge in [0.2, 0.25) is 17.7 Å². The number of benzene rings is 1. The summed E-state index contributed by atoms with van der Waals surface area (Å²) in [4.78, 5) is 32.7. The molecular weight excluding hydrogens is 482 g/mol. The Bertz CT molecular complexity index is 1370. The highest BCUT2D eigenvalue weighted by atomic mass is 19.4. The van der Waals surface area contributed by atoms with Crippen LogP contribution in [-0.2, 0) is 15.0 Å². The predicted molar refractivity (Wildman–Crippen MR) is 119 cm³/mol. The van der Waals surface area contributed by atoms with Crippen LogP contribution in [0.2, 0.25) is 0 Å². The normalized spacial score (nSPS) is 25.5. The molecule has 1 saturated heterocycles. The standard InChI is InChI=1S/C24H21F4N5O3/c25-14-3-1-4-17-21(14)23(9-13(10-23)36-19-7-6-15-16(30-19)11-29-31-15)22(35)33(17)12-20(34)32-8-2-5-18(32)24(26,27)28/h1,3-4,6-7,11,13,18H,2,5,8-10,12H2,(H,29,31)/t13?,18-,23?/m0/s1. The molecule has 1 saturated carbocycles. The molecule has 1 atom stereocenters. The number of alkyl halides is 3. The minimum Gasteiger partial charge on any atom is -0.474 e. The number of likely N-dealkylation sites (tertiary alicyclic amines) is 1. The highest BCUT2D eigenvalue weighted by Gasteiger charge is 2.61. The van der Waals surface area contributed by atoms with Crippen molar-refractivity contribution < 1.29 is 31.9 Å². The van der Waals surface area contributed by atoms with Crippen molar-refractivity contribution in [2.75, 3.05) is 18.0 Å². The van der Waals surface area contributed by atoms with E-state index in [-0.39, 0.29) is 43.5 Å². The fourth-order valence-corrected chi connectivity index (χ4v) is 5.70. The molecule has 36 heavy (non-hydrogen) atoms. The Hall–Kier alpha value is -3.70. The zero-order valence-electron chi connectivity index (χ0n) is 18.9. The van der Waals surface area contributed by atoms with Crippen molar-refractivity contribution in [1.82, 2.24) is 20.1 Å². The van der Waals surface area contributed by atoms with Crippen LogP contribution >= 0.6 is 0 Å². The van der Waals surface area contributed by atoms with Crippen molar-refractivity contribution in [3.8, 4) is 5.88 Å². The SMILES string of the molecule is O=C(CN1C(=O)C2(CC(Oc3ccc4[nH]ncc4n3)C2)c2c(F)cccc21)N1CCC[C@H]1C(F)(F)F. The third-order valence-electron chi connectivity index (χ3n) is 7.37. The first-order valence-corrected chi connectivity index (χ1v) is 11.6. The summed E-state index contributed by atoms with van der Waals surface area (Å²) in [6.45, 7) is -0.607. The first-order chi connectivity index (χ1) is 17.2. The second-order valence-electron chi connectivity index (χ2n) is 9.49. The van der Waals surface area contributed by atoms with Gasteiger partial charge in [0.05, 0.1) is 22.8 Å². The average molecular weight is 503 g/mol. The first kappa shape index (κ1) is 22.7. The lowest BCUT2D eigenvalue weighted by Crippen LogP contribution is -2.55. The molecule has 0 radical (unpaired) electrons. The Balaban J connectivity index is 1.23. The zero-order chi connectivity index (χ0) is 25.2. The van der Waals surface area contributed by atoms with E-state index >= 15 is 4.39 Å². The number of aromatic amines is 1. The summed E-state index contributed by atoms with van der Waals surface area (Å²) in [7, 11) is 0. The van der Waals surface area contributed by atoms with Gasteiger partial charge in [-0.15, -0.1) is 0 Å². The van der Waals surface area contributed by atoms with Gasteiger partial charge in [-0.05, 0) is 31.0 Å². The number of hydrogen-bond donors (Lipinski definition) is 1. The molecule has 2 amide bonds. The Morgan fingerprint density at radius 1 is 1.22 bits per heavy atom. The van der Waals surface area contributed by atoms with Gasteiger partial charge >= 0.3 is 6.18 Å². The Morgan fingerprint density at radius 2 is 2.03 bits per heavy atom. The van der Waals surface area contributed by atoms with Crippen LogP contribution in [0, 0.1) is 5.82 Å². The molecule has 3 aromatic rings. The van der Waals surface area contributed by atoms with E-state index < -0.39 is 47.9 Å². The number of carbonyl (C=O) groups is 2. The van der Waals surface area contributed by atoms with Gasteiger partial charge < -0.3 is 14.5 Å². The summed E-state index contributed by atoms with van der Waals surface area (Å²) >= 11 is 0. The monoisotopic (exact) mass is 503 g/mol. The molecule has 6 rings (SSSR count). The number of halogens is 4. The Kier molecular flexibility index (Phi) is 4.99. The summed E-state index contributed by atoms with van der Waals surface area (Å²) in [6.07, 6.45) is -3.04. The molecule has 12 heteroatoms. The molecule has 0 unspecified atom stereocenters. The number of anilines is 1. The molecular formula is C24H21F4N5O3. The summed E-state index contributed by atoms with van der Waals surface area (Å²) in [5.41, 5.74) is 0.487. The van der Waals surface area contributed by atoms with E-state index in [0.29, 0.717) is 11.4 Å². The summed E-state index contributed by atoms with van der Waals surface area (Å²) in [5, 5.41) is 6.70. The lowest BCUT2D eigenvalue weighted by molar-refractivity contribution is -0.182. The predicted octanol–water partition coefficient (Wildman–Crippen LogP) is 3.48.